The number of hydroxylamine groups is 1. The number of amides is 1. The van der Waals surface area contributed by atoms with E-state index in [1.165, 1.54) is 4.57 Å². The van der Waals surface area contributed by atoms with Crippen LogP contribution in [-0.2, 0) is 22.7 Å². The largest absolute Gasteiger partial charge is 0.497 e. The summed E-state index contributed by atoms with van der Waals surface area (Å²) >= 11 is 0. The number of aliphatic imine (C=N–C) groups is 1. The number of nitrogens with one attached hydrogen (secondary N) is 2. The summed E-state index contributed by atoms with van der Waals surface area (Å²) in [4.78, 5) is 36.0. The Balaban J connectivity index is 1.40. The van der Waals surface area contributed by atoms with Gasteiger partial charge in [0.2, 0.25) is 12.7 Å². The number of aromatic nitrogens is 1. The van der Waals surface area contributed by atoms with Crippen LogP contribution in [-0.4, -0.2) is 30.2 Å². The molecule has 3 aromatic rings. The molecule has 3 heterocycles. The van der Waals surface area contributed by atoms with Gasteiger partial charge in [0, 0.05) is 17.8 Å². The number of hydrogen-bond donors (Lipinski definition) is 2. The highest BCUT2D eigenvalue weighted by molar-refractivity contribution is 6.02. The highest BCUT2D eigenvalue weighted by Gasteiger charge is 2.21. The number of hydrogen-bond acceptors (Lipinski definition) is 8. The minimum Gasteiger partial charge on any atom is -0.497 e. The van der Waals surface area contributed by atoms with Crippen molar-refractivity contribution < 1.29 is 23.8 Å². The number of nitrogens with zero attached hydrogens (tertiary/aromatic N) is 2. The van der Waals surface area contributed by atoms with Crippen molar-refractivity contribution in [1.29, 1.82) is 0 Å². The minimum absolute atomic E-state index is 0.0741. The van der Waals surface area contributed by atoms with E-state index in [1.54, 1.807) is 38.3 Å². The van der Waals surface area contributed by atoms with Crippen molar-refractivity contribution in [3.8, 4) is 17.2 Å². The SMILES string of the molecule is C=c1cc(C)n(CC(=O)NCc2ccc(OC)cc2)c(=O)c1=C1N=C(c2ccc3c(c2)OCO3)NO1. The topological polar surface area (TPSA) is 112 Å². The van der Waals surface area contributed by atoms with Gasteiger partial charge in [-0.3, -0.25) is 9.59 Å². The Morgan fingerprint density at radius 2 is 1.94 bits per heavy atom. The quantitative estimate of drug-likeness (QED) is 0.525. The molecule has 10 heteroatoms. The first-order valence-electron chi connectivity index (χ1n) is 11.2. The van der Waals surface area contributed by atoms with Gasteiger partial charge >= 0.3 is 0 Å². The van der Waals surface area contributed by atoms with Crippen molar-refractivity contribution in [2.24, 2.45) is 4.99 Å². The maximum atomic E-state index is 13.4. The predicted molar refractivity (Wildman–Crippen MR) is 132 cm³/mol. The highest BCUT2D eigenvalue weighted by Crippen LogP contribution is 2.32. The number of aryl methyl sites for hydroxylation is 1. The van der Waals surface area contributed by atoms with E-state index in [9.17, 15) is 9.59 Å². The van der Waals surface area contributed by atoms with Crippen LogP contribution < -0.4 is 41.0 Å². The van der Waals surface area contributed by atoms with Gasteiger partial charge in [-0.25, -0.2) is 5.48 Å². The molecule has 2 N–H and O–H groups in total. The van der Waals surface area contributed by atoms with Gasteiger partial charge in [-0.1, -0.05) is 18.7 Å². The molecule has 0 saturated carbocycles. The lowest BCUT2D eigenvalue weighted by Gasteiger charge is -2.11. The molecule has 36 heavy (non-hydrogen) atoms. The summed E-state index contributed by atoms with van der Waals surface area (Å²) in [7, 11) is 1.59. The summed E-state index contributed by atoms with van der Waals surface area (Å²) in [6.45, 7) is 6.06. The second kappa shape index (κ2) is 9.49. The smallest absolute Gasteiger partial charge is 0.264 e. The average Bonchev–Trinajstić information content (AvgIpc) is 3.55. The van der Waals surface area contributed by atoms with E-state index in [4.69, 9.17) is 19.0 Å². The zero-order valence-electron chi connectivity index (χ0n) is 19.8. The maximum absolute atomic E-state index is 13.4. The van der Waals surface area contributed by atoms with Crippen LogP contribution in [0.4, 0.5) is 0 Å². The Hall–Kier alpha value is -4.73. The van der Waals surface area contributed by atoms with E-state index in [1.807, 2.05) is 24.3 Å². The number of methoxy groups -OCH3 is 1. The van der Waals surface area contributed by atoms with Gasteiger partial charge in [0.15, 0.2) is 17.3 Å². The molecule has 0 aliphatic carbocycles. The zero-order chi connectivity index (χ0) is 25.2. The molecule has 2 aromatic carbocycles. The third-order valence-corrected chi connectivity index (χ3v) is 5.86. The van der Waals surface area contributed by atoms with Crippen molar-refractivity contribution in [2.45, 2.75) is 20.0 Å². The minimum atomic E-state index is -0.424. The van der Waals surface area contributed by atoms with Crippen LogP contribution in [0.2, 0.25) is 0 Å². The molecule has 0 saturated heterocycles. The van der Waals surface area contributed by atoms with Crippen molar-refractivity contribution in [2.75, 3.05) is 13.9 Å². The standard InChI is InChI=1S/C26H24N4O6/c1-15-10-16(2)30(13-22(31)27-12-17-4-7-19(33-3)8-5-17)26(32)23(15)25-28-24(29-36-25)18-6-9-20-21(11-18)35-14-34-20/h4-11H,1,12-14H2,2-3H3,(H,27,31)(H,28,29). The van der Waals surface area contributed by atoms with Gasteiger partial charge in [-0.2, -0.15) is 4.99 Å². The van der Waals surface area contributed by atoms with Gasteiger partial charge in [0.1, 0.15) is 17.5 Å². The molecule has 0 unspecified atom stereocenters. The number of pyridine rings is 1. The second-order valence-electron chi connectivity index (χ2n) is 8.24. The second-order valence-corrected chi connectivity index (χ2v) is 8.24. The van der Waals surface area contributed by atoms with Gasteiger partial charge < -0.3 is 28.9 Å². The first-order valence-corrected chi connectivity index (χ1v) is 11.2. The summed E-state index contributed by atoms with van der Waals surface area (Å²) in [6.07, 6.45) is 0. The Morgan fingerprint density at radius 3 is 2.72 bits per heavy atom. The monoisotopic (exact) mass is 488 g/mol. The highest BCUT2D eigenvalue weighted by atomic mass is 16.7. The van der Waals surface area contributed by atoms with Gasteiger partial charge in [0.25, 0.3) is 11.4 Å². The van der Waals surface area contributed by atoms with E-state index in [-0.39, 0.29) is 30.3 Å². The first kappa shape index (κ1) is 23.0. The molecule has 184 valence electrons. The molecular formula is C26H24N4O6. The molecule has 0 fully saturated rings. The Kier molecular flexibility index (Phi) is 6.07. The molecule has 2 aliphatic heterocycles. The number of amidine groups is 1. The number of carbonyl (C=O) groups is 1. The average molecular weight is 489 g/mol. The zero-order valence-corrected chi connectivity index (χ0v) is 19.8. The maximum Gasteiger partial charge on any atom is 0.264 e. The third-order valence-electron chi connectivity index (χ3n) is 5.86. The molecule has 10 nitrogen and oxygen atoms in total. The molecule has 2 aliphatic rings. The lowest BCUT2D eigenvalue weighted by molar-refractivity contribution is -0.121. The van der Waals surface area contributed by atoms with Crippen LogP contribution in [0.5, 0.6) is 17.2 Å². The van der Waals surface area contributed by atoms with Crippen LogP contribution in [0.1, 0.15) is 16.8 Å². The van der Waals surface area contributed by atoms with E-state index in [0.29, 0.717) is 40.4 Å². The van der Waals surface area contributed by atoms with Crippen LogP contribution in [0, 0.1) is 6.92 Å². The molecule has 5 rings (SSSR count). The molecule has 0 spiro atoms. The predicted octanol–water partition coefficient (Wildman–Crippen LogP) is 0.668. The molecule has 0 radical (unpaired) electrons. The van der Waals surface area contributed by atoms with Gasteiger partial charge in [-0.15, -0.1) is 0 Å². The number of fused-ring (bicyclic) bond motifs is 1. The van der Waals surface area contributed by atoms with Crippen molar-refractivity contribution >= 4 is 24.2 Å². The van der Waals surface area contributed by atoms with Gasteiger partial charge in [0.05, 0.1) is 7.11 Å². The summed E-state index contributed by atoms with van der Waals surface area (Å²) in [5, 5.41) is 3.45. The lowest BCUT2D eigenvalue weighted by atomic mass is 10.2. The number of ether oxygens (including phenoxy) is 3. The van der Waals surface area contributed by atoms with E-state index in [0.717, 1.165) is 11.3 Å². The van der Waals surface area contributed by atoms with Crippen LogP contribution in [0.3, 0.4) is 0 Å². The fourth-order valence-electron chi connectivity index (χ4n) is 3.92. The Morgan fingerprint density at radius 1 is 1.17 bits per heavy atom. The summed E-state index contributed by atoms with van der Waals surface area (Å²) in [5.41, 5.74) is 4.52. The molecular weight excluding hydrogens is 464 g/mol. The van der Waals surface area contributed by atoms with Crippen LogP contribution in [0.25, 0.3) is 12.5 Å². The van der Waals surface area contributed by atoms with E-state index in [2.05, 4.69) is 22.4 Å². The summed E-state index contributed by atoms with van der Waals surface area (Å²) in [5.74, 6) is 2.16. The fourth-order valence-corrected chi connectivity index (χ4v) is 3.92. The summed E-state index contributed by atoms with van der Waals surface area (Å²) < 4.78 is 17.3. The summed E-state index contributed by atoms with van der Waals surface area (Å²) in [6, 6.07) is 14.4. The van der Waals surface area contributed by atoms with Crippen LogP contribution >= 0.6 is 0 Å². The number of rotatable bonds is 6. The Labute approximate surface area is 206 Å². The first-order chi connectivity index (χ1) is 17.4. The van der Waals surface area contributed by atoms with Crippen molar-refractivity contribution in [3.63, 3.8) is 0 Å². The van der Waals surface area contributed by atoms with Crippen molar-refractivity contribution in [1.82, 2.24) is 15.4 Å². The molecule has 0 bridgehead atoms. The van der Waals surface area contributed by atoms with E-state index >= 15 is 0 Å². The molecule has 1 aromatic heterocycles. The molecule has 0 atom stereocenters. The van der Waals surface area contributed by atoms with E-state index < -0.39 is 5.56 Å². The van der Waals surface area contributed by atoms with Crippen LogP contribution in [0.15, 0.2) is 58.3 Å². The number of benzene rings is 2. The van der Waals surface area contributed by atoms with Crippen molar-refractivity contribution in [3.05, 3.63) is 86.1 Å². The lowest BCUT2D eigenvalue weighted by Crippen LogP contribution is -2.48. The fraction of sp³-hybridized carbons (Fsp3) is 0.192. The van der Waals surface area contributed by atoms with Gasteiger partial charge in [-0.05, 0) is 54.1 Å². The molecule has 1 amide bonds. The Bertz CT molecular complexity index is 1540. The normalized spacial score (nSPS) is 15.1. The number of carbonyl (C=O) groups excluding carboxylic acids is 1. The third kappa shape index (κ3) is 4.48.